The highest BCUT2D eigenvalue weighted by molar-refractivity contribution is 5.87. The summed E-state index contributed by atoms with van der Waals surface area (Å²) in [6.07, 6.45) is 4.42. The van der Waals surface area contributed by atoms with Crippen LogP contribution in [0.25, 0.3) is 16.8 Å². The molecule has 0 atom stereocenters. The molecule has 4 rings (SSSR count). The van der Waals surface area contributed by atoms with Crippen LogP contribution in [0.3, 0.4) is 0 Å². The van der Waals surface area contributed by atoms with Gasteiger partial charge in [0.2, 0.25) is 0 Å². The van der Waals surface area contributed by atoms with Crippen LogP contribution in [0.5, 0.6) is 5.75 Å². The van der Waals surface area contributed by atoms with Crippen molar-refractivity contribution < 1.29 is 4.74 Å². The summed E-state index contributed by atoms with van der Waals surface area (Å²) in [4.78, 5) is 5.04. The largest absolute Gasteiger partial charge is 0.496 e. The number of anilines is 1. The molecule has 1 saturated heterocycles. The Kier molecular flexibility index (Phi) is 6.13. The summed E-state index contributed by atoms with van der Waals surface area (Å²) in [5, 5.41) is 2.57. The van der Waals surface area contributed by atoms with Crippen molar-refractivity contribution in [3.63, 3.8) is 0 Å². The molecule has 0 radical (unpaired) electrons. The number of nitrogen functional groups attached to an aromatic ring is 1. The van der Waals surface area contributed by atoms with E-state index in [1.807, 2.05) is 12.1 Å². The molecule has 3 aromatic carbocycles. The molecule has 29 heavy (non-hydrogen) atoms. The number of hydrogen-bond donors (Lipinski definition) is 1. The fourth-order valence-corrected chi connectivity index (χ4v) is 3.97. The van der Waals surface area contributed by atoms with Gasteiger partial charge in [-0.25, -0.2) is 0 Å². The van der Waals surface area contributed by atoms with Crippen molar-refractivity contribution in [1.82, 2.24) is 9.80 Å². The fourth-order valence-electron chi connectivity index (χ4n) is 3.97. The van der Waals surface area contributed by atoms with Gasteiger partial charge in [0.25, 0.3) is 0 Å². The molecule has 0 spiro atoms. The fraction of sp³-hybridized carbons (Fsp3) is 0.280. The van der Waals surface area contributed by atoms with Crippen LogP contribution in [-0.2, 0) is 6.54 Å². The van der Waals surface area contributed by atoms with Gasteiger partial charge in [0.15, 0.2) is 0 Å². The van der Waals surface area contributed by atoms with Crippen LogP contribution in [-0.4, -0.2) is 49.6 Å². The van der Waals surface area contributed by atoms with E-state index in [1.165, 1.54) is 21.9 Å². The Labute approximate surface area is 173 Å². The van der Waals surface area contributed by atoms with Gasteiger partial charge in [-0.05, 0) is 34.5 Å². The monoisotopic (exact) mass is 387 g/mol. The summed E-state index contributed by atoms with van der Waals surface area (Å²) >= 11 is 0. The number of methoxy groups -OCH3 is 1. The van der Waals surface area contributed by atoms with Gasteiger partial charge in [0.1, 0.15) is 5.75 Å². The molecular weight excluding hydrogens is 358 g/mol. The maximum atomic E-state index is 5.74. The summed E-state index contributed by atoms with van der Waals surface area (Å²) in [7, 11) is 1.76. The minimum atomic E-state index is 0.807. The summed E-state index contributed by atoms with van der Waals surface area (Å²) in [6.45, 7) is 6.22. The van der Waals surface area contributed by atoms with Crippen molar-refractivity contribution in [3.8, 4) is 5.75 Å². The molecule has 0 unspecified atom stereocenters. The predicted molar refractivity (Wildman–Crippen MR) is 122 cm³/mol. The lowest BCUT2D eigenvalue weighted by molar-refractivity contribution is 0.136. The van der Waals surface area contributed by atoms with Gasteiger partial charge in [0, 0.05) is 50.5 Å². The Morgan fingerprint density at radius 1 is 0.897 bits per heavy atom. The van der Waals surface area contributed by atoms with Gasteiger partial charge < -0.3 is 10.5 Å². The zero-order valence-electron chi connectivity index (χ0n) is 17.1. The Balaban J connectivity index is 1.34. The average molecular weight is 388 g/mol. The third kappa shape index (κ3) is 4.78. The van der Waals surface area contributed by atoms with Crippen molar-refractivity contribution in [2.75, 3.05) is 45.6 Å². The normalized spacial score (nSPS) is 15.9. The summed E-state index contributed by atoms with van der Waals surface area (Å²) in [5.74, 6) is 0.984. The van der Waals surface area contributed by atoms with Crippen LogP contribution in [0.2, 0.25) is 0 Å². The minimum absolute atomic E-state index is 0.807. The Morgan fingerprint density at radius 3 is 2.38 bits per heavy atom. The van der Waals surface area contributed by atoms with E-state index in [-0.39, 0.29) is 0 Å². The highest BCUT2D eigenvalue weighted by Crippen LogP contribution is 2.29. The van der Waals surface area contributed by atoms with Gasteiger partial charge >= 0.3 is 0 Å². The van der Waals surface area contributed by atoms with E-state index in [0.717, 1.165) is 50.7 Å². The molecule has 4 heteroatoms. The summed E-state index contributed by atoms with van der Waals surface area (Å²) < 4.78 is 5.66. The smallest absolute Gasteiger partial charge is 0.123 e. The molecule has 0 bridgehead atoms. The van der Waals surface area contributed by atoms with Crippen LogP contribution < -0.4 is 10.5 Å². The zero-order chi connectivity index (χ0) is 20.1. The first kappa shape index (κ1) is 19.5. The number of piperazine rings is 1. The highest BCUT2D eigenvalue weighted by atomic mass is 16.5. The van der Waals surface area contributed by atoms with E-state index in [0.29, 0.717) is 0 Å². The van der Waals surface area contributed by atoms with Crippen molar-refractivity contribution >= 4 is 22.5 Å². The van der Waals surface area contributed by atoms with Crippen molar-refractivity contribution in [2.24, 2.45) is 0 Å². The Morgan fingerprint density at radius 2 is 1.62 bits per heavy atom. The van der Waals surface area contributed by atoms with Crippen LogP contribution in [0.15, 0.2) is 66.7 Å². The number of fused-ring (bicyclic) bond motifs is 1. The quantitative estimate of drug-likeness (QED) is 0.642. The topological polar surface area (TPSA) is 41.7 Å². The second kappa shape index (κ2) is 9.12. The van der Waals surface area contributed by atoms with E-state index in [9.17, 15) is 0 Å². The number of ether oxygens (including phenoxy) is 1. The first-order valence-corrected chi connectivity index (χ1v) is 10.2. The van der Waals surface area contributed by atoms with Crippen LogP contribution in [0.4, 0.5) is 5.69 Å². The molecule has 4 nitrogen and oxygen atoms in total. The molecule has 0 aromatic heterocycles. The third-order valence-electron chi connectivity index (χ3n) is 5.67. The lowest BCUT2D eigenvalue weighted by atomic mass is 10.0. The third-order valence-corrected chi connectivity index (χ3v) is 5.67. The number of benzene rings is 3. The van der Waals surface area contributed by atoms with Crippen molar-refractivity contribution in [1.29, 1.82) is 0 Å². The number of rotatable bonds is 6. The second-order valence-electron chi connectivity index (χ2n) is 7.61. The maximum absolute atomic E-state index is 5.74. The molecule has 0 saturated carbocycles. The lowest BCUT2D eigenvalue weighted by Crippen LogP contribution is -2.45. The SMILES string of the molecule is COc1ccc2ccccc2c1CN1CCN(CC=Cc2ccc(N)cc2)CC1. The van der Waals surface area contributed by atoms with Crippen molar-refractivity contribution in [3.05, 3.63) is 77.9 Å². The molecule has 1 fully saturated rings. The number of nitrogens with two attached hydrogens (primary N) is 1. The summed E-state index contributed by atoms with van der Waals surface area (Å²) in [6, 6.07) is 20.8. The zero-order valence-corrected chi connectivity index (χ0v) is 17.1. The molecule has 2 N–H and O–H groups in total. The van der Waals surface area contributed by atoms with Gasteiger partial charge in [-0.1, -0.05) is 54.6 Å². The van der Waals surface area contributed by atoms with Crippen molar-refractivity contribution in [2.45, 2.75) is 6.54 Å². The Bertz CT molecular complexity index is 973. The van der Waals surface area contributed by atoms with Crippen LogP contribution in [0, 0.1) is 0 Å². The van der Waals surface area contributed by atoms with Gasteiger partial charge in [-0.15, -0.1) is 0 Å². The molecule has 1 aliphatic heterocycles. The first-order valence-electron chi connectivity index (χ1n) is 10.2. The van der Waals surface area contributed by atoms with E-state index in [2.05, 4.69) is 70.5 Å². The van der Waals surface area contributed by atoms with Gasteiger partial charge in [-0.2, -0.15) is 0 Å². The van der Waals surface area contributed by atoms with E-state index >= 15 is 0 Å². The summed E-state index contributed by atoms with van der Waals surface area (Å²) in [5.41, 5.74) is 9.04. The molecule has 1 aliphatic rings. The van der Waals surface area contributed by atoms with E-state index < -0.39 is 0 Å². The number of nitrogens with zero attached hydrogens (tertiary/aromatic N) is 2. The molecule has 3 aromatic rings. The molecule has 1 heterocycles. The minimum Gasteiger partial charge on any atom is -0.496 e. The molecule has 0 aliphatic carbocycles. The van der Waals surface area contributed by atoms with E-state index in [4.69, 9.17) is 10.5 Å². The second-order valence-corrected chi connectivity index (χ2v) is 7.61. The predicted octanol–water partition coefficient (Wildman–Crippen LogP) is 4.26. The highest BCUT2D eigenvalue weighted by Gasteiger charge is 2.18. The van der Waals surface area contributed by atoms with Gasteiger partial charge in [-0.3, -0.25) is 9.80 Å². The van der Waals surface area contributed by atoms with Gasteiger partial charge in [0.05, 0.1) is 7.11 Å². The van der Waals surface area contributed by atoms with E-state index in [1.54, 1.807) is 7.11 Å². The molecule has 0 amide bonds. The first-order chi connectivity index (χ1) is 14.2. The average Bonchev–Trinajstić information content (AvgIpc) is 2.76. The lowest BCUT2D eigenvalue weighted by Gasteiger charge is -2.34. The Hall–Kier alpha value is -2.82. The van der Waals surface area contributed by atoms with Crippen LogP contribution in [0.1, 0.15) is 11.1 Å². The standard InChI is InChI=1S/C25H29N3O/c1-29-25-13-10-21-6-2-3-7-23(21)24(25)19-28-17-15-27(16-18-28)14-4-5-20-8-11-22(26)12-9-20/h2-13H,14-19,26H2,1H3. The molecular formula is C25H29N3O. The van der Waals surface area contributed by atoms with Crippen LogP contribution >= 0.6 is 0 Å². The maximum Gasteiger partial charge on any atom is 0.123 e. The molecule has 150 valence electrons. The number of hydrogen-bond acceptors (Lipinski definition) is 4.